The summed E-state index contributed by atoms with van der Waals surface area (Å²) in [6, 6.07) is 9.87. The Balaban J connectivity index is 1.28. The van der Waals surface area contributed by atoms with Crippen LogP contribution in [0.2, 0.25) is 10.0 Å². The van der Waals surface area contributed by atoms with Crippen molar-refractivity contribution in [2.45, 2.75) is 44.9 Å². The van der Waals surface area contributed by atoms with Crippen LogP contribution in [-0.4, -0.2) is 23.2 Å². The standard InChI is InChI=1S/C26H25Cl2N3O/c1-16-5-8-21(29-15-16)31-11-9-26(10-12-31)13-18(14-26)22-24(30-32-25(22)17-6-7-17)23-19(27)3-2-4-20(23)28/h2-5,8,13,15,17H,6-7,9-12,14H2,1H3. The van der Waals surface area contributed by atoms with Gasteiger partial charge >= 0.3 is 0 Å². The monoisotopic (exact) mass is 465 g/mol. The molecule has 0 unspecified atom stereocenters. The summed E-state index contributed by atoms with van der Waals surface area (Å²) in [5.41, 5.74) is 5.50. The molecule has 1 saturated carbocycles. The van der Waals surface area contributed by atoms with Gasteiger partial charge < -0.3 is 9.42 Å². The molecule has 3 aliphatic rings. The van der Waals surface area contributed by atoms with Crippen molar-refractivity contribution in [3.8, 4) is 11.3 Å². The Morgan fingerprint density at radius 3 is 2.38 bits per heavy atom. The van der Waals surface area contributed by atoms with Gasteiger partial charge in [0, 0.05) is 36.3 Å². The molecule has 4 nitrogen and oxygen atoms in total. The summed E-state index contributed by atoms with van der Waals surface area (Å²) in [5.74, 6) is 2.57. The minimum atomic E-state index is 0.260. The number of rotatable bonds is 4. The lowest BCUT2D eigenvalue weighted by molar-refractivity contribution is 0.277. The van der Waals surface area contributed by atoms with Crippen LogP contribution in [0.15, 0.2) is 47.1 Å². The fourth-order valence-corrected chi connectivity index (χ4v) is 5.74. The predicted octanol–water partition coefficient (Wildman–Crippen LogP) is 7.30. The summed E-state index contributed by atoms with van der Waals surface area (Å²) < 4.78 is 5.88. The van der Waals surface area contributed by atoms with E-state index in [2.05, 4.69) is 40.2 Å². The fraction of sp³-hybridized carbons (Fsp3) is 0.385. The second-order valence-corrected chi connectivity index (χ2v) is 10.3. The van der Waals surface area contributed by atoms with E-state index >= 15 is 0 Å². The topological polar surface area (TPSA) is 42.2 Å². The van der Waals surface area contributed by atoms with Crippen LogP contribution in [0.4, 0.5) is 5.82 Å². The van der Waals surface area contributed by atoms with Gasteiger partial charge in [-0.3, -0.25) is 0 Å². The first-order valence-electron chi connectivity index (χ1n) is 11.4. The SMILES string of the molecule is Cc1ccc(N2CCC3(C=C(c4c(-c5c(Cl)cccc5Cl)noc4C4CC4)C3)CC2)nc1. The van der Waals surface area contributed by atoms with E-state index in [4.69, 9.17) is 27.7 Å². The molecule has 0 N–H and O–H groups in total. The molecule has 2 aromatic heterocycles. The number of hydrogen-bond donors (Lipinski definition) is 0. The van der Waals surface area contributed by atoms with Gasteiger partial charge in [-0.05, 0) is 73.8 Å². The first-order chi connectivity index (χ1) is 15.5. The molecule has 2 aliphatic carbocycles. The maximum Gasteiger partial charge on any atom is 0.147 e. The zero-order valence-corrected chi connectivity index (χ0v) is 19.6. The van der Waals surface area contributed by atoms with Crippen molar-refractivity contribution in [1.82, 2.24) is 10.1 Å². The molecule has 0 radical (unpaired) electrons. The molecule has 0 atom stereocenters. The van der Waals surface area contributed by atoms with Crippen molar-refractivity contribution in [3.05, 3.63) is 69.5 Å². The number of hydrogen-bond acceptors (Lipinski definition) is 4. The van der Waals surface area contributed by atoms with Crippen LogP contribution in [0.25, 0.3) is 16.8 Å². The number of nitrogens with zero attached hydrogens (tertiary/aromatic N) is 3. The van der Waals surface area contributed by atoms with Crippen molar-refractivity contribution >= 4 is 34.6 Å². The Hall–Kier alpha value is -2.30. The van der Waals surface area contributed by atoms with Gasteiger partial charge in [0.05, 0.1) is 10.0 Å². The Kier molecular flexibility index (Phi) is 4.85. The van der Waals surface area contributed by atoms with Crippen molar-refractivity contribution < 1.29 is 4.52 Å². The third-order valence-corrected chi connectivity index (χ3v) is 7.82. The molecule has 0 bridgehead atoms. The minimum Gasteiger partial charge on any atom is -0.360 e. The van der Waals surface area contributed by atoms with E-state index in [1.165, 1.54) is 11.1 Å². The molecule has 32 heavy (non-hydrogen) atoms. The van der Waals surface area contributed by atoms with Gasteiger partial charge in [0.15, 0.2) is 0 Å². The molecular weight excluding hydrogens is 441 g/mol. The smallest absolute Gasteiger partial charge is 0.147 e. The van der Waals surface area contributed by atoms with Crippen LogP contribution in [0, 0.1) is 12.3 Å². The van der Waals surface area contributed by atoms with Gasteiger partial charge in [-0.1, -0.05) is 46.6 Å². The maximum absolute atomic E-state index is 6.54. The summed E-state index contributed by atoms with van der Waals surface area (Å²) in [7, 11) is 0. The Bertz CT molecular complexity index is 1180. The molecule has 6 rings (SSSR count). The molecule has 6 heteroatoms. The van der Waals surface area contributed by atoms with E-state index in [-0.39, 0.29) is 5.41 Å². The molecule has 3 aromatic rings. The lowest BCUT2D eigenvalue weighted by atomic mass is 9.63. The number of benzene rings is 1. The van der Waals surface area contributed by atoms with Crippen LogP contribution in [0.3, 0.4) is 0 Å². The van der Waals surface area contributed by atoms with E-state index in [1.54, 1.807) is 0 Å². The number of halogens is 2. The average Bonchev–Trinajstić information content (AvgIpc) is 3.53. The van der Waals surface area contributed by atoms with Gasteiger partial charge in [0.2, 0.25) is 0 Å². The first-order valence-corrected chi connectivity index (χ1v) is 12.1. The van der Waals surface area contributed by atoms with Crippen LogP contribution >= 0.6 is 23.2 Å². The Labute approximate surface area is 198 Å². The van der Waals surface area contributed by atoms with Gasteiger partial charge in [-0.15, -0.1) is 0 Å². The molecular formula is C26H25Cl2N3O. The fourth-order valence-electron chi connectivity index (χ4n) is 5.16. The third kappa shape index (κ3) is 3.45. The van der Waals surface area contributed by atoms with Crippen molar-refractivity contribution in [3.63, 3.8) is 0 Å². The Morgan fingerprint density at radius 1 is 1.03 bits per heavy atom. The largest absolute Gasteiger partial charge is 0.360 e. The van der Waals surface area contributed by atoms with Crippen LogP contribution in [0.1, 0.15) is 54.9 Å². The number of allylic oxidation sites excluding steroid dienone is 2. The zero-order chi connectivity index (χ0) is 21.9. The van der Waals surface area contributed by atoms with Crippen LogP contribution < -0.4 is 4.90 Å². The summed E-state index contributed by atoms with van der Waals surface area (Å²) in [4.78, 5) is 7.02. The normalized spacial score (nSPS) is 19.7. The molecule has 1 aliphatic heterocycles. The number of aromatic nitrogens is 2. The lowest BCUT2D eigenvalue weighted by Crippen LogP contribution is -2.42. The van der Waals surface area contributed by atoms with Gasteiger partial charge in [0.25, 0.3) is 0 Å². The number of piperidine rings is 1. The molecule has 1 spiro atoms. The highest BCUT2D eigenvalue weighted by molar-refractivity contribution is 6.39. The Morgan fingerprint density at radius 2 is 1.75 bits per heavy atom. The first kappa shape index (κ1) is 20.3. The second-order valence-electron chi connectivity index (χ2n) is 9.53. The van der Waals surface area contributed by atoms with Gasteiger partial charge in [-0.25, -0.2) is 4.98 Å². The summed E-state index contributed by atoms with van der Waals surface area (Å²) in [6.07, 6.45) is 10.1. The highest BCUT2D eigenvalue weighted by atomic mass is 35.5. The van der Waals surface area contributed by atoms with Crippen molar-refractivity contribution in [2.75, 3.05) is 18.0 Å². The van der Waals surface area contributed by atoms with Gasteiger partial charge in [-0.2, -0.15) is 0 Å². The molecule has 1 saturated heterocycles. The van der Waals surface area contributed by atoms with E-state index in [0.29, 0.717) is 16.0 Å². The van der Waals surface area contributed by atoms with Gasteiger partial charge in [0.1, 0.15) is 17.3 Å². The molecule has 0 amide bonds. The maximum atomic E-state index is 6.54. The number of aryl methyl sites for hydroxylation is 1. The highest BCUT2D eigenvalue weighted by Gasteiger charge is 2.44. The average molecular weight is 466 g/mol. The summed E-state index contributed by atoms with van der Waals surface area (Å²) >= 11 is 13.1. The van der Waals surface area contributed by atoms with Crippen molar-refractivity contribution in [1.29, 1.82) is 0 Å². The predicted molar refractivity (Wildman–Crippen MR) is 129 cm³/mol. The zero-order valence-electron chi connectivity index (χ0n) is 18.1. The van der Waals surface area contributed by atoms with E-state index in [1.807, 2.05) is 24.4 Å². The van der Waals surface area contributed by atoms with E-state index in [0.717, 1.165) is 73.6 Å². The summed E-state index contributed by atoms with van der Waals surface area (Å²) in [5, 5.41) is 5.69. The minimum absolute atomic E-state index is 0.260. The molecule has 2 fully saturated rings. The third-order valence-electron chi connectivity index (χ3n) is 7.19. The number of anilines is 1. The summed E-state index contributed by atoms with van der Waals surface area (Å²) in [6.45, 7) is 4.14. The quantitative estimate of drug-likeness (QED) is 0.405. The van der Waals surface area contributed by atoms with Crippen molar-refractivity contribution in [2.24, 2.45) is 5.41 Å². The second kappa shape index (κ2) is 7.64. The van der Waals surface area contributed by atoms with Crippen LogP contribution in [0.5, 0.6) is 0 Å². The highest BCUT2D eigenvalue weighted by Crippen LogP contribution is 2.56. The molecule has 3 heterocycles. The van der Waals surface area contributed by atoms with Crippen LogP contribution in [-0.2, 0) is 0 Å². The molecule has 1 aromatic carbocycles. The van der Waals surface area contributed by atoms with E-state index in [9.17, 15) is 0 Å². The number of pyridine rings is 1. The molecule has 164 valence electrons. The van der Waals surface area contributed by atoms with E-state index < -0.39 is 0 Å². The lowest BCUT2D eigenvalue weighted by Gasteiger charge is -2.46.